The molecule has 0 bridgehead atoms. The fourth-order valence-corrected chi connectivity index (χ4v) is 5.20. The zero-order valence-corrected chi connectivity index (χ0v) is 19.0. The highest BCUT2D eigenvalue weighted by Crippen LogP contribution is 2.55. The summed E-state index contributed by atoms with van der Waals surface area (Å²) in [6.07, 6.45) is 0. The zero-order valence-electron chi connectivity index (χ0n) is 19.0. The Morgan fingerprint density at radius 3 is 2.14 bits per heavy atom. The van der Waals surface area contributed by atoms with E-state index in [0.717, 1.165) is 0 Å². The van der Waals surface area contributed by atoms with Crippen molar-refractivity contribution in [2.45, 2.75) is 12.0 Å². The highest BCUT2D eigenvalue weighted by molar-refractivity contribution is 5.79. The van der Waals surface area contributed by atoms with E-state index in [0.29, 0.717) is 22.4 Å². The van der Waals surface area contributed by atoms with E-state index < -0.39 is 23.8 Å². The number of anilines is 1. The Bertz CT molecular complexity index is 1270. The molecule has 182 valence electrons. The summed E-state index contributed by atoms with van der Waals surface area (Å²) in [6.45, 7) is 0.131. The molecule has 1 aliphatic heterocycles. The van der Waals surface area contributed by atoms with Crippen molar-refractivity contribution < 1.29 is 38.7 Å². The molecule has 5 rings (SSSR count). The van der Waals surface area contributed by atoms with Gasteiger partial charge in [-0.2, -0.15) is 0 Å². The highest BCUT2D eigenvalue weighted by atomic mass is 19.1. The standard InChI is InChI=1S/C26H24FNO7/c1-33-20-7-12(8-21(34-2)25(20)31)22-15-9-18(29)19(30)10-16(15)24(17-11-35-26(32)23(17)22)28-14-5-3-13(27)4-6-14/h3-10,17,22-24,28-31H,11H2,1-2H3/t17-,22+,23-,24?/m0/s1. The van der Waals surface area contributed by atoms with Crippen LogP contribution in [0.15, 0.2) is 48.5 Å². The lowest BCUT2D eigenvalue weighted by atomic mass is 9.65. The normalized spacial score (nSPS) is 22.7. The predicted molar refractivity (Wildman–Crippen MR) is 124 cm³/mol. The lowest BCUT2D eigenvalue weighted by molar-refractivity contribution is -0.141. The van der Waals surface area contributed by atoms with Gasteiger partial charge in [0.25, 0.3) is 0 Å². The van der Waals surface area contributed by atoms with Crippen molar-refractivity contribution in [2.24, 2.45) is 11.8 Å². The van der Waals surface area contributed by atoms with Crippen LogP contribution in [0, 0.1) is 17.7 Å². The van der Waals surface area contributed by atoms with Gasteiger partial charge in [-0.15, -0.1) is 0 Å². The summed E-state index contributed by atoms with van der Waals surface area (Å²) in [5, 5.41) is 34.5. The number of fused-ring (bicyclic) bond motifs is 2. The number of benzene rings is 3. The SMILES string of the molecule is COc1cc([C@@H]2c3cc(O)c(O)cc3C(Nc3ccc(F)cc3)[C@H]3COC(=O)[C@H]23)cc(OC)c1O. The number of phenolic OH excluding ortho intramolecular Hbond substituents is 3. The third-order valence-corrected chi connectivity index (χ3v) is 6.82. The molecule has 0 spiro atoms. The minimum atomic E-state index is -0.650. The molecule has 8 nitrogen and oxygen atoms in total. The Morgan fingerprint density at radius 2 is 1.54 bits per heavy atom. The predicted octanol–water partition coefficient (Wildman–Crippen LogP) is 4.05. The van der Waals surface area contributed by atoms with Crippen LogP contribution in [0.5, 0.6) is 28.7 Å². The Hall–Kier alpha value is -4.14. The third-order valence-electron chi connectivity index (χ3n) is 6.82. The van der Waals surface area contributed by atoms with Crippen molar-refractivity contribution in [3.63, 3.8) is 0 Å². The van der Waals surface area contributed by atoms with Crippen LogP contribution in [-0.2, 0) is 9.53 Å². The molecule has 1 heterocycles. The zero-order chi connectivity index (χ0) is 24.9. The first-order chi connectivity index (χ1) is 16.8. The minimum Gasteiger partial charge on any atom is -0.504 e. The second kappa shape index (κ2) is 8.57. The number of ether oxygens (including phenoxy) is 3. The molecular formula is C26H24FNO7. The Morgan fingerprint density at radius 1 is 0.943 bits per heavy atom. The van der Waals surface area contributed by atoms with Crippen LogP contribution in [0.25, 0.3) is 0 Å². The summed E-state index contributed by atoms with van der Waals surface area (Å²) in [5.74, 6) is -2.87. The second-order valence-corrected chi connectivity index (χ2v) is 8.67. The third kappa shape index (κ3) is 3.73. The fraction of sp³-hybridized carbons (Fsp3) is 0.269. The van der Waals surface area contributed by atoms with E-state index in [9.17, 15) is 24.5 Å². The second-order valence-electron chi connectivity index (χ2n) is 8.67. The number of methoxy groups -OCH3 is 2. The smallest absolute Gasteiger partial charge is 0.310 e. The van der Waals surface area contributed by atoms with Gasteiger partial charge in [-0.05, 0) is 65.2 Å². The van der Waals surface area contributed by atoms with Crippen LogP contribution in [0.3, 0.4) is 0 Å². The first-order valence-electron chi connectivity index (χ1n) is 11.0. The summed E-state index contributed by atoms with van der Waals surface area (Å²) < 4.78 is 29.6. The van der Waals surface area contributed by atoms with Crippen LogP contribution in [-0.4, -0.2) is 42.1 Å². The van der Waals surface area contributed by atoms with Gasteiger partial charge in [0, 0.05) is 17.5 Å². The lowest BCUT2D eigenvalue weighted by Gasteiger charge is -2.40. The molecule has 0 saturated carbocycles. The maximum Gasteiger partial charge on any atom is 0.310 e. The first kappa shape index (κ1) is 22.6. The molecule has 1 saturated heterocycles. The maximum absolute atomic E-state index is 13.5. The van der Waals surface area contributed by atoms with Crippen molar-refractivity contribution in [1.82, 2.24) is 0 Å². The summed E-state index contributed by atoms with van der Waals surface area (Å²) >= 11 is 0. The van der Waals surface area contributed by atoms with Gasteiger partial charge >= 0.3 is 5.97 Å². The molecule has 4 N–H and O–H groups in total. The van der Waals surface area contributed by atoms with Gasteiger partial charge in [0.1, 0.15) is 5.82 Å². The molecule has 1 fully saturated rings. The number of cyclic esters (lactones) is 1. The van der Waals surface area contributed by atoms with E-state index >= 15 is 0 Å². The molecule has 0 amide bonds. The van der Waals surface area contributed by atoms with Crippen molar-refractivity contribution in [3.8, 4) is 28.7 Å². The molecule has 0 radical (unpaired) electrons. The number of phenols is 3. The van der Waals surface area contributed by atoms with Crippen molar-refractivity contribution >= 4 is 11.7 Å². The molecule has 35 heavy (non-hydrogen) atoms. The van der Waals surface area contributed by atoms with E-state index in [1.165, 1.54) is 38.5 Å². The van der Waals surface area contributed by atoms with E-state index in [1.807, 2.05) is 0 Å². The highest BCUT2D eigenvalue weighted by Gasteiger charge is 2.52. The largest absolute Gasteiger partial charge is 0.504 e. The van der Waals surface area contributed by atoms with Crippen LogP contribution < -0.4 is 14.8 Å². The minimum absolute atomic E-state index is 0.131. The number of nitrogens with one attached hydrogen (secondary N) is 1. The molecule has 3 aromatic carbocycles. The van der Waals surface area contributed by atoms with Gasteiger partial charge in [-0.25, -0.2) is 4.39 Å². The van der Waals surface area contributed by atoms with Gasteiger partial charge in [-0.3, -0.25) is 4.79 Å². The van der Waals surface area contributed by atoms with E-state index in [-0.39, 0.29) is 47.1 Å². The van der Waals surface area contributed by atoms with Crippen molar-refractivity contribution in [3.05, 3.63) is 71.0 Å². The quantitative estimate of drug-likeness (QED) is 0.319. The van der Waals surface area contributed by atoms with E-state index in [1.54, 1.807) is 24.3 Å². The van der Waals surface area contributed by atoms with Gasteiger partial charge < -0.3 is 34.8 Å². The average Bonchev–Trinajstić information content (AvgIpc) is 3.23. The van der Waals surface area contributed by atoms with Crippen LogP contribution in [0.4, 0.5) is 10.1 Å². The molecule has 3 aromatic rings. The molecule has 2 aliphatic rings. The number of esters is 1. The van der Waals surface area contributed by atoms with E-state index in [4.69, 9.17) is 14.2 Å². The van der Waals surface area contributed by atoms with Gasteiger partial charge in [0.15, 0.2) is 23.0 Å². The first-order valence-corrected chi connectivity index (χ1v) is 11.0. The molecule has 4 atom stereocenters. The molecular weight excluding hydrogens is 457 g/mol. The monoisotopic (exact) mass is 481 g/mol. The summed E-state index contributed by atoms with van der Waals surface area (Å²) in [7, 11) is 2.82. The van der Waals surface area contributed by atoms with Crippen LogP contribution in [0.1, 0.15) is 28.7 Å². The number of hydrogen-bond donors (Lipinski definition) is 4. The summed E-state index contributed by atoms with van der Waals surface area (Å²) in [5.41, 5.74) is 2.48. The number of carbonyl (C=O) groups excluding carboxylic acids is 1. The molecule has 0 aromatic heterocycles. The molecule has 1 unspecified atom stereocenters. The van der Waals surface area contributed by atoms with Crippen molar-refractivity contribution in [2.75, 3.05) is 26.1 Å². The topological polar surface area (TPSA) is 117 Å². The number of halogens is 1. The number of hydrogen-bond acceptors (Lipinski definition) is 8. The summed E-state index contributed by atoms with van der Waals surface area (Å²) in [4.78, 5) is 13.0. The van der Waals surface area contributed by atoms with Gasteiger partial charge in [-0.1, -0.05) is 0 Å². The molecule has 1 aliphatic carbocycles. The summed E-state index contributed by atoms with van der Waals surface area (Å²) in [6, 6.07) is 11.5. The molecule has 9 heteroatoms. The number of rotatable bonds is 5. The Kier molecular flexibility index (Phi) is 5.55. The van der Waals surface area contributed by atoms with E-state index in [2.05, 4.69) is 5.32 Å². The fourth-order valence-electron chi connectivity index (χ4n) is 5.20. The maximum atomic E-state index is 13.5. The van der Waals surface area contributed by atoms with Gasteiger partial charge in [0.05, 0.1) is 32.8 Å². The Labute approximate surface area is 200 Å². The van der Waals surface area contributed by atoms with Crippen molar-refractivity contribution in [1.29, 1.82) is 0 Å². The number of carbonyl (C=O) groups is 1. The number of aromatic hydroxyl groups is 3. The van der Waals surface area contributed by atoms with Gasteiger partial charge in [0.2, 0.25) is 5.75 Å². The van der Waals surface area contributed by atoms with Crippen LogP contribution >= 0.6 is 0 Å². The van der Waals surface area contributed by atoms with Crippen LogP contribution in [0.2, 0.25) is 0 Å². The Balaban J connectivity index is 1.71. The lowest BCUT2D eigenvalue weighted by Crippen LogP contribution is -2.37. The average molecular weight is 481 g/mol.